The van der Waals surface area contributed by atoms with E-state index in [4.69, 9.17) is 21.1 Å². The number of hydrogen-bond donors (Lipinski definition) is 2. The van der Waals surface area contributed by atoms with E-state index in [2.05, 4.69) is 20.4 Å². The van der Waals surface area contributed by atoms with Gasteiger partial charge in [0.2, 0.25) is 5.89 Å². The predicted molar refractivity (Wildman–Crippen MR) is 129 cm³/mol. The van der Waals surface area contributed by atoms with Crippen molar-refractivity contribution in [2.75, 3.05) is 5.32 Å². The molecule has 1 aliphatic carbocycles. The van der Waals surface area contributed by atoms with E-state index in [1.165, 1.54) is 28.8 Å². The molecule has 36 heavy (non-hydrogen) atoms. The number of carbonyl (C=O) groups is 1. The number of halogens is 2. The quantitative estimate of drug-likeness (QED) is 0.361. The first-order valence-corrected chi connectivity index (χ1v) is 11.7. The van der Waals surface area contributed by atoms with Crippen molar-refractivity contribution in [2.24, 2.45) is 7.05 Å². The Balaban J connectivity index is 1.52. The lowest BCUT2D eigenvalue weighted by Gasteiger charge is -2.33. The molecule has 0 spiro atoms. The summed E-state index contributed by atoms with van der Waals surface area (Å²) >= 11 is 5.85. The van der Waals surface area contributed by atoms with Crippen LogP contribution in [0.1, 0.15) is 71.2 Å². The van der Waals surface area contributed by atoms with Gasteiger partial charge in [-0.05, 0) is 51.0 Å². The fourth-order valence-electron chi connectivity index (χ4n) is 4.61. The zero-order chi connectivity index (χ0) is 25.7. The Kier molecular flexibility index (Phi) is 5.95. The number of pyridine rings is 1. The molecule has 0 saturated heterocycles. The highest BCUT2D eigenvalue weighted by molar-refractivity contribution is 6.29. The molecule has 3 aromatic heterocycles. The molecule has 0 radical (unpaired) electrons. The molecular formula is C24H22ClFN6O4. The van der Waals surface area contributed by atoms with Crippen LogP contribution in [0.5, 0.6) is 0 Å². The van der Waals surface area contributed by atoms with Crippen molar-refractivity contribution in [3.05, 3.63) is 74.4 Å². The molecule has 186 valence electrons. The molecular weight excluding hydrogens is 491 g/mol. The minimum absolute atomic E-state index is 0.00967. The number of aryl methyl sites for hydroxylation is 1. The summed E-state index contributed by atoms with van der Waals surface area (Å²) in [6.45, 7) is 3.48. The number of benzene rings is 1. The van der Waals surface area contributed by atoms with Crippen LogP contribution in [0.25, 0.3) is 10.9 Å². The molecule has 1 aromatic carbocycles. The highest BCUT2D eigenvalue weighted by atomic mass is 35.5. The number of fused-ring (bicyclic) bond motifs is 1. The summed E-state index contributed by atoms with van der Waals surface area (Å²) in [6, 6.07) is 4.80. The Labute approximate surface area is 209 Å². The van der Waals surface area contributed by atoms with Crippen LogP contribution < -0.4 is 10.9 Å². The molecule has 4 aromatic rings. The van der Waals surface area contributed by atoms with Crippen LogP contribution in [-0.2, 0) is 7.05 Å². The zero-order valence-corrected chi connectivity index (χ0v) is 20.4. The van der Waals surface area contributed by atoms with Crippen LogP contribution in [0.2, 0.25) is 5.15 Å². The average molecular weight is 513 g/mol. The van der Waals surface area contributed by atoms with Crippen molar-refractivity contribution in [1.29, 1.82) is 0 Å². The van der Waals surface area contributed by atoms with Gasteiger partial charge in [-0.3, -0.25) is 9.36 Å². The molecule has 1 atom stereocenters. The van der Waals surface area contributed by atoms with Gasteiger partial charge in [0.15, 0.2) is 11.5 Å². The van der Waals surface area contributed by atoms with Crippen molar-refractivity contribution in [1.82, 2.24) is 24.7 Å². The molecule has 0 amide bonds. The number of carboxylic acid groups (broad SMARTS) is 1. The maximum absolute atomic E-state index is 14.6. The first-order valence-electron chi connectivity index (χ1n) is 11.3. The van der Waals surface area contributed by atoms with Gasteiger partial charge in [0.25, 0.3) is 5.56 Å². The number of rotatable bonds is 6. The Hall–Kier alpha value is -3.86. The largest absolute Gasteiger partial charge is 0.476 e. The van der Waals surface area contributed by atoms with Gasteiger partial charge < -0.3 is 14.9 Å². The van der Waals surface area contributed by atoms with Gasteiger partial charge in [0.1, 0.15) is 16.8 Å². The third-order valence-corrected chi connectivity index (χ3v) is 6.72. The van der Waals surface area contributed by atoms with E-state index in [0.29, 0.717) is 41.5 Å². The number of nitrogens with zero attached hydrogens (tertiary/aromatic N) is 5. The lowest BCUT2D eigenvalue weighted by molar-refractivity contribution is 0.0691. The van der Waals surface area contributed by atoms with E-state index in [1.807, 2.05) is 0 Å². The standard InChI is InChI=1S/C24H22ClFN6O4/c1-10(27-17-4-5-18(25)29-20(17)24(34)35)15-8-14(26)9-16-19(15)30-21(32(3)23(16)33)12-6-13(7-12)22-28-11(2)31-36-22/h4-5,8-10,12-13,27H,6-7H2,1-3H3,(H,34,35)/t10-,12?,13?/m1/s1. The number of hydrogen-bond acceptors (Lipinski definition) is 8. The van der Waals surface area contributed by atoms with E-state index in [9.17, 15) is 19.1 Å². The lowest BCUT2D eigenvalue weighted by Crippen LogP contribution is -2.30. The number of nitrogens with one attached hydrogen (secondary N) is 1. The molecule has 3 heterocycles. The third kappa shape index (κ3) is 4.19. The van der Waals surface area contributed by atoms with Crippen molar-refractivity contribution in [3.63, 3.8) is 0 Å². The van der Waals surface area contributed by atoms with Crippen LogP contribution in [0, 0.1) is 12.7 Å². The fourth-order valence-corrected chi connectivity index (χ4v) is 4.76. The molecule has 12 heteroatoms. The molecule has 1 fully saturated rings. The molecule has 0 bridgehead atoms. The van der Waals surface area contributed by atoms with E-state index in [0.717, 1.165) is 0 Å². The Morgan fingerprint density at radius 1 is 1.25 bits per heavy atom. The molecule has 1 saturated carbocycles. The van der Waals surface area contributed by atoms with Gasteiger partial charge in [-0.2, -0.15) is 4.98 Å². The summed E-state index contributed by atoms with van der Waals surface area (Å²) in [7, 11) is 1.62. The molecule has 2 N–H and O–H groups in total. The van der Waals surface area contributed by atoms with E-state index in [-0.39, 0.29) is 39.3 Å². The molecule has 0 aliphatic heterocycles. The first-order chi connectivity index (χ1) is 17.1. The van der Waals surface area contributed by atoms with Crippen molar-refractivity contribution < 1.29 is 18.8 Å². The second-order valence-electron chi connectivity index (χ2n) is 8.97. The summed E-state index contributed by atoms with van der Waals surface area (Å²) in [5.74, 6) is -0.0591. The smallest absolute Gasteiger partial charge is 0.356 e. The van der Waals surface area contributed by atoms with Gasteiger partial charge in [-0.25, -0.2) is 19.2 Å². The van der Waals surface area contributed by atoms with Crippen molar-refractivity contribution in [3.8, 4) is 0 Å². The minimum Gasteiger partial charge on any atom is -0.476 e. The van der Waals surface area contributed by atoms with Crippen LogP contribution in [0.4, 0.5) is 10.1 Å². The summed E-state index contributed by atoms with van der Waals surface area (Å²) in [6.07, 6.45) is 1.38. The second kappa shape index (κ2) is 8.98. The summed E-state index contributed by atoms with van der Waals surface area (Å²) < 4.78 is 21.3. The third-order valence-electron chi connectivity index (χ3n) is 6.51. The second-order valence-corrected chi connectivity index (χ2v) is 9.36. The van der Waals surface area contributed by atoms with Gasteiger partial charge >= 0.3 is 5.97 Å². The summed E-state index contributed by atoms with van der Waals surface area (Å²) in [4.78, 5) is 37.8. The number of aromatic carboxylic acids is 1. The summed E-state index contributed by atoms with van der Waals surface area (Å²) in [5, 5.41) is 16.6. The number of carboxylic acids is 1. The van der Waals surface area contributed by atoms with Crippen LogP contribution >= 0.6 is 11.6 Å². The topological polar surface area (TPSA) is 136 Å². The maximum atomic E-state index is 14.6. The monoisotopic (exact) mass is 512 g/mol. The molecule has 1 aliphatic rings. The van der Waals surface area contributed by atoms with E-state index >= 15 is 0 Å². The lowest BCUT2D eigenvalue weighted by atomic mass is 9.74. The summed E-state index contributed by atoms with van der Waals surface area (Å²) in [5.41, 5.74) is 0.345. The Bertz CT molecular complexity index is 1560. The maximum Gasteiger partial charge on any atom is 0.356 e. The van der Waals surface area contributed by atoms with Gasteiger partial charge in [0.05, 0.1) is 22.6 Å². The molecule has 10 nitrogen and oxygen atoms in total. The van der Waals surface area contributed by atoms with Crippen LogP contribution in [-0.4, -0.2) is 35.8 Å². The highest BCUT2D eigenvalue weighted by Crippen LogP contribution is 2.46. The SMILES string of the molecule is Cc1noc(C2CC(c3nc4c([C@@H](C)Nc5ccc(Cl)nc5C(=O)O)cc(F)cc4c(=O)n3C)C2)n1. The number of anilines is 1. The van der Waals surface area contributed by atoms with Crippen molar-refractivity contribution in [2.45, 2.75) is 44.6 Å². The van der Waals surface area contributed by atoms with E-state index in [1.54, 1.807) is 20.9 Å². The first kappa shape index (κ1) is 23.9. The van der Waals surface area contributed by atoms with Crippen LogP contribution in [0.15, 0.2) is 33.6 Å². The van der Waals surface area contributed by atoms with Crippen LogP contribution in [0.3, 0.4) is 0 Å². The normalized spacial score (nSPS) is 18.1. The molecule has 5 rings (SSSR count). The average Bonchev–Trinajstić information content (AvgIpc) is 3.22. The van der Waals surface area contributed by atoms with Gasteiger partial charge in [0, 0.05) is 24.4 Å². The fraction of sp³-hybridized carbons (Fsp3) is 0.333. The van der Waals surface area contributed by atoms with E-state index < -0.39 is 17.8 Å². The number of aromatic nitrogens is 5. The van der Waals surface area contributed by atoms with Crippen molar-refractivity contribution >= 4 is 34.2 Å². The molecule has 0 unspecified atom stereocenters. The Morgan fingerprint density at radius 3 is 2.67 bits per heavy atom. The van der Waals surface area contributed by atoms with Gasteiger partial charge in [-0.15, -0.1) is 0 Å². The Morgan fingerprint density at radius 2 is 2.00 bits per heavy atom. The zero-order valence-electron chi connectivity index (χ0n) is 19.6. The minimum atomic E-state index is -1.26. The van der Waals surface area contributed by atoms with Gasteiger partial charge in [-0.1, -0.05) is 16.8 Å². The highest BCUT2D eigenvalue weighted by Gasteiger charge is 2.37. The predicted octanol–water partition coefficient (Wildman–Crippen LogP) is 4.34.